The molecule has 2 N–H and O–H groups in total. The van der Waals surface area contributed by atoms with Gasteiger partial charge in [0.05, 0.1) is 18.8 Å². The number of thiazole rings is 1. The third-order valence-electron chi connectivity index (χ3n) is 2.95. The second-order valence-corrected chi connectivity index (χ2v) is 5.38. The summed E-state index contributed by atoms with van der Waals surface area (Å²) in [6.45, 7) is 3.70. The molecule has 0 spiro atoms. The fraction of sp³-hybridized carbons (Fsp3) is 0.286. The van der Waals surface area contributed by atoms with Gasteiger partial charge in [0.2, 0.25) is 0 Å². The molecule has 20 heavy (non-hydrogen) atoms. The first-order valence-corrected chi connectivity index (χ1v) is 6.94. The number of benzene rings is 1. The Morgan fingerprint density at radius 3 is 2.55 bits per heavy atom. The molecule has 5 nitrogen and oxygen atoms in total. The Kier molecular flexibility index (Phi) is 4.24. The molecule has 0 saturated carbocycles. The standard InChI is InChI=1S/C14H16N2O3S/c1-8(10-4-6-11(19-3)7-5-10)15-14-16-9(2)12(20-14)13(17)18/h4-8H,1-3H3,(H,15,16)(H,17,18)/t8-/m0/s1. The van der Waals surface area contributed by atoms with Crippen LogP contribution in [0, 0.1) is 6.92 Å². The number of rotatable bonds is 5. The van der Waals surface area contributed by atoms with Crippen molar-refractivity contribution >= 4 is 22.4 Å². The number of anilines is 1. The number of ether oxygens (including phenoxy) is 1. The van der Waals surface area contributed by atoms with E-state index in [4.69, 9.17) is 9.84 Å². The number of nitrogens with one attached hydrogen (secondary N) is 1. The Bertz CT molecular complexity index is 607. The highest BCUT2D eigenvalue weighted by Crippen LogP contribution is 2.27. The molecule has 0 unspecified atom stereocenters. The number of aromatic carboxylic acids is 1. The molecule has 0 aliphatic rings. The average molecular weight is 292 g/mol. The van der Waals surface area contributed by atoms with Gasteiger partial charge in [0, 0.05) is 0 Å². The number of methoxy groups -OCH3 is 1. The molecule has 2 rings (SSSR count). The van der Waals surface area contributed by atoms with Gasteiger partial charge in [0.15, 0.2) is 5.13 Å². The van der Waals surface area contributed by atoms with Crippen LogP contribution in [0.25, 0.3) is 0 Å². The third-order valence-corrected chi connectivity index (χ3v) is 4.02. The molecule has 0 radical (unpaired) electrons. The molecule has 6 heteroatoms. The lowest BCUT2D eigenvalue weighted by molar-refractivity contribution is 0.0701. The van der Waals surface area contributed by atoms with E-state index in [0.717, 1.165) is 22.6 Å². The number of carboxylic acids is 1. The van der Waals surface area contributed by atoms with Crippen molar-refractivity contribution in [3.8, 4) is 5.75 Å². The van der Waals surface area contributed by atoms with Crippen LogP contribution in [0.2, 0.25) is 0 Å². The molecule has 1 heterocycles. The summed E-state index contributed by atoms with van der Waals surface area (Å²) in [6, 6.07) is 7.75. The van der Waals surface area contributed by atoms with Crippen LogP contribution in [0.4, 0.5) is 5.13 Å². The van der Waals surface area contributed by atoms with Crippen molar-refractivity contribution in [3.63, 3.8) is 0 Å². The van der Waals surface area contributed by atoms with Crippen LogP contribution in [0.15, 0.2) is 24.3 Å². The topological polar surface area (TPSA) is 71.5 Å². The van der Waals surface area contributed by atoms with Gasteiger partial charge in [0.1, 0.15) is 10.6 Å². The van der Waals surface area contributed by atoms with Crippen molar-refractivity contribution in [1.82, 2.24) is 4.98 Å². The maximum absolute atomic E-state index is 11.0. The SMILES string of the molecule is COc1ccc([C@H](C)Nc2nc(C)c(C(=O)O)s2)cc1. The quantitative estimate of drug-likeness (QED) is 0.884. The molecule has 106 valence electrons. The first-order valence-electron chi connectivity index (χ1n) is 6.12. The van der Waals surface area contributed by atoms with Crippen molar-refractivity contribution in [3.05, 3.63) is 40.4 Å². The zero-order valence-corrected chi connectivity index (χ0v) is 12.3. The number of hydrogen-bond acceptors (Lipinski definition) is 5. The van der Waals surface area contributed by atoms with Gasteiger partial charge in [0.25, 0.3) is 0 Å². The lowest BCUT2D eigenvalue weighted by Gasteiger charge is -2.13. The van der Waals surface area contributed by atoms with Gasteiger partial charge in [-0.15, -0.1) is 0 Å². The summed E-state index contributed by atoms with van der Waals surface area (Å²) in [5.74, 6) is -0.135. The second-order valence-electron chi connectivity index (χ2n) is 4.38. The van der Waals surface area contributed by atoms with Gasteiger partial charge in [-0.1, -0.05) is 23.5 Å². The van der Waals surface area contributed by atoms with Crippen LogP contribution >= 0.6 is 11.3 Å². The summed E-state index contributed by atoms with van der Waals surface area (Å²) in [7, 11) is 1.63. The number of carboxylic acid groups (broad SMARTS) is 1. The van der Waals surface area contributed by atoms with Crippen molar-refractivity contribution in [2.45, 2.75) is 19.9 Å². The highest BCUT2D eigenvalue weighted by Gasteiger charge is 2.15. The Morgan fingerprint density at radius 1 is 1.40 bits per heavy atom. The van der Waals surface area contributed by atoms with E-state index in [-0.39, 0.29) is 10.9 Å². The first kappa shape index (κ1) is 14.3. The minimum atomic E-state index is -0.940. The van der Waals surface area contributed by atoms with Gasteiger partial charge < -0.3 is 15.2 Å². The zero-order chi connectivity index (χ0) is 14.7. The lowest BCUT2D eigenvalue weighted by atomic mass is 10.1. The number of aryl methyl sites for hydroxylation is 1. The van der Waals surface area contributed by atoms with Crippen molar-refractivity contribution in [1.29, 1.82) is 0 Å². The molecule has 0 aliphatic heterocycles. The van der Waals surface area contributed by atoms with E-state index < -0.39 is 5.97 Å². The van der Waals surface area contributed by atoms with E-state index >= 15 is 0 Å². The van der Waals surface area contributed by atoms with E-state index in [9.17, 15) is 4.79 Å². The lowest BCUT2D eigenvalue weighted by Crippen LogP contribution is -2.06. The molecular formula is C14H16N2O3S. The first-order chi connectivity index (χ1) is 9.51. The smallest absolute Gasteiger partial charge is 0.347 e. The number of aromatic nitrogens is 1. The van der Waals surface area contributed by atoms with Gasteiger partial charge in [-0.2, -0.15) is 0 Å². The Morgan fingerprint density at radius 2 is 2.05 bits per heavy atom. The maximum atomic E-state index is 11.0. The highest BCUT2D eigenvalue weighted by atomic mass is 32.1. The van der Waals surface area contributed by atoms with Crippen LogP contribution in [0.1, 0.15) is 33.9 Å². The summed E-state index contributed by atoms with van der Waals surface area (Å²) in [4.78, 5) is 15.5. The highest BCUT2D eigenvalue weighted by molar-refractivity contribution is 7.17. The molecule has 0 aliphatic carbocycles. The van der Waals surface area contributed by atoms with Gasteiger partial charge in [-0.05, 0) is 31.5 Å². The molecule has 1 aromatic heterocycles. The normalized spacial score (nSPS) is 11.9. The summed E-state index contributed by atoms with van der Waals surface area (Å²) in [6.07, 6.45) is 0. The van der Waals surface area contributed by atoms with Crippen LogP contribution in [-0.4, -0.2) is 23.2 Å². The van der Waals surface area contributed by atoms with Crippen molar-refractivity contribution < 1.29 is 14.6 Å². The van der Waals surface area contributed by atoms with E-state index in [1.807, 2.05) is 31.2 Å². The van der Waals surface area contributed by atoms with Crippen LogP contribution in [0.3, 0.4) is 0 Å². The van der Waals surface area contributed by atoms with E-state index in [0.29, 0.717) is 10.8 Å². The fourth-order valence-corrected chi connectivity index (χ4v) is 2.71. The molecule has 0 fully saturated rings. The van der Waals surface area contributed by atoms with Gasteiger partial charge >= 0.3 is 5.97 Å². The molecule has 1 atom stereocenters. The van der Waals surface area contributed by atoms with E-state index in [1.165, 1.54) is 0 Å². The molecule has 0 saturated heterocycles. The van der Waals surface area contributed by atoms with Crippen LogP contribution in [0.5, 0.6) is 5.75 Å². The zero-order valence-electron chi connectivity index (χ0n) is 11.5. The maximum Gasteiger partial charge on any atom is 0.347 e. The predicted octanol–water partition coefficient (Wildman–Crippen LogP) is 3.33. The number of hydrogen-bond donors (Lipinski definition) is 2. The van der Waals surface area contributed by atoms with Gasteiger partial charge in [-0.25, -0.2) is 9.78 Å². The minimum Gasteiger partial charge on any atom is -0.497 e. The minimum absolute atomic E-state index is 0.0353. The predicted molar refractivity (Wildman–Crippen MR) is 78.8 cm³/mol. The number of carbonyl (C=O) groups is 1. The largest absolute Gasteiger partial charge is 0.497 e. The van der Waals surface area contributed by atoms with E-state index in [2.05, 4.69) is 10.3 Å². The van der Waals surface area contributed by atoms with Crippen molar-refractivity contribution in [2.75, 3.05) is 12.4 Å². The summed E-state index contributed by atoms with van der Waals surface area (Å²) >= 11 is 1.15. The van der Waals surface area contributed by atoms with E-state index in [1.54, 1.807) is 14.0 Å². The monoisotopic (exact) mass is 292 g/mol. The summed E-state index contributed by atoms with van der Waals surface area (Å²) in [5, 5.41) is 12.8. The fourth-order valence-electron chi connectivity index (χ4n) is 1.82. The van der Waals surface area contributed by atoms with Crippen LogP contribution < -0.4 is 10.1 Å². The molecule has 2 aromatic rings. The van der Waals surface area contributed by atoms with Crippen molar-refractivity contribution in [2.24, 2.45) is 0 Å². The molecule has 0 amide bonds. The average Bonchev–Trinajstić information content (AvgIpc) is 2.79. The van der Waals surface area contributed by atoms with Crippen LogP contribution in [-0.2, 0) is 0 Å². The molecular weight excluding hydrogens is 276 g/mol. The Hall–Kier alpha value is -2.08. The Labute approximate surface area is 121 Å². The third kappa shape index (κ3) is 3.08. The molecule has 1 aromatic carbocycles. The Balaban J connectivity index is 2.12. The molecule has 0 bridgehead atoms. The van der Waals surface area contributed by atoms with Gasteiger partial charge in [-0.3, -0.25) is 0 Å². The summed E-state index contributed by atoms with van der Waals surface area (Å²) in [5.41, 5.74) is 1.61. The second kappa shape index (κ2) is 5.92. The number of nitrogens with zero attached hydrogens (tertiary/aromatic N) is 1. The summed E-state index contributed by atoms with van der Waals surface area (Å²) < 4.78 is 5.12.